The molecule has 2 aromatic rings. The second-order valence-corrected chi connectivity index (χ2v) is 6.77. The van der Waals surface area contributed by atoms with Crippen molar-refractivity contribution in [1.29, 1.82) is 0 Å². The van der Waals surface area contributed by atoms with Crippen molar-refractivity contribution in [3.8, 4) is 0 Å². The van der Waals surface area contributed by atoms with E-state index >= 15 is 0 Å². The van der Waals surface area contributed by atoms with E-state index in [0.717, 1.165) is 8.26 Å². The SMILES string of the molecule is CN(C(=O)c1cc(Br)c(Br)s1)c1ccccc1F. The second kappa shape index (κ2) is 5.50. The molecule has 94 valence electrons. The molecule has 2 rings (SSSR count). The number of nitrogens with zero attached hydrogens (tertiary/aromatic N) is 1. The van der Waals surface area contributed by atoms with E-state index in [-0.39, 0.29) is 11.6 Å². The molecule has 0 atom stereocenters. The average Bonchev–Trinajstić information content (AvgIpc) is 2.68. The third kappa shape index (κ3) is 2.65. The maximum Gasteiger partial charge on any atom is 0.268 e. The van der Waals surface area contributed by atoms with Crippen LogP contribution in [-0.4, -0.2) is 13.0 Å². The molecule has 1 heterocycles. The minimum absolute atomic E-state index is 0.239. The fourth-order valence-corrected chi connectivity index (χ4v) is 3.46. The summed E-state index contributed by atoms with van der Waals surface area (Å²) in [4.78, 5) is 14.0. The van der Waals surface area contributed by atoms with Gasteiger partial charge in [-0.25, -0.2) is 4.39 Å². The maximum absolute atomic E-state index is 13.6. The predicted octanol–water partition coefficient (Wildman–Crippen LogP) is 4.69. The van der Waals surface area contributed by atoms with Crippen molar-refractivity contribution < 1.29 is 9.18 Å². The highest BCUT2D eigenvalue weighted by molar-refractivity contribution is 9.13. The van der Waals surface area contributed by atoms with E-state index in [9.17, 15) is 9.18 Å². The van der Waals surface area contributed by atoms with Crippen molar-refractivity contribution >= 4 is 54.8 Å². The summed E-state index contributed by atoms with van der Waals surface area (Å²) in [6, 6.07) is 7.91. The molecule has 0 N–H and O–H groups in total. The van der Waals surface area contributed by atoms with Crippen molar-refractivity contribution in [2.75, 3.05) is 11.9 Å². The highest BCUT2D eigenvalue weighted by atomic mass is 79.9. The molecule has 0 spiro atoms. The molecule has 1 aromatic carbocycles. The van der Waals surface area contributed by atoms with E-state index in [1.54, 1.807) is 31.3 Å². The van der Waals surface area contributed by atoms with Crippen molar-refractivity contribution in [3.05, 3.63) is 49.3 Å². The summed E-state index contributed by atoms with van der Waals surface area (Å²) in [5, 5.41) is 0. The minimum atomic E-state index is -0.414. The Morgan fingerprint density at radius 2 is 2.00 bits per heavy atom. The van der Waals surface area contributed by atoms with Gasteiger partial charge in [0.1, 0.15) is 5.82 Å². The van der Waals surface area contributed by atoms with Gasteiger partial charge in [-0.3, -0.25) is 4.79 Å². The van der Waals surface area contributed by atoms with Gasteiger partial charge in [-0.15, -0.1) is 11.3 Å². The van der Waals surface area contributed by atoms with Gasteiger partial charge in [0.2, 0.25) is 0 Å². The molecule has 0 aliphatic heterocycles. The number of halogens is 3. The van der Waals surface area contributed by atoms with E-state index in [0.29, 0.717) is 4.88 Å². The number of hydrogen-bond acceptors (Lipinski definition) is 2. The van der Waals surface area contributed by atoms with Gasteiger partial charge in [0.25, 0.3) is 5.91 Å². The van der Waals surface area contributed by atoms with Crippen molar-refractivity contribution in [1.82, 2.24) is 0 Å². The molecule has 0 unspecified atom stereocenters. The number of thiophene rings is 1. The molecule has 6 heteroatoms. The van der Waals surface area contributed by atoms with Crippen LogP contribution in [0.15, 0.2) is 38.6 Å². The number of carbonyl (C=O) groups excluding carboxylic acids is 1. The molecular formula is C12H8Br2FNOS. The Morgan fingerprint density at radius 3 is 2.56 bits per heavy atom. The summed E-state index contributed by atoms with van der Waals surface area (Å²) in [6.07, 6.45) is 0. The molecule has 0 fully saturated rings. The first-order valence-corrected chi connectivity index (χ1v) is 7.38. The molecule has 18 heavy (non-hydrogen) atoms. The second-order valence-electron chi connectivity index (χ2n) is 3.55. The van der Waals surface area contributed by atoms with E-state index in [1.165, 1.54) is 22.3 Å². The monoisotopic (exact) mass is 391 g/mol. The van der Waals surface area contributed by atoms with Crippen LogP contribution in [0.1, 0.15) is 9.67 Å². The lowest BCUT2D eigenvalue weighted by atomic mass is 10.2. The van der Waals surface area contributed by atoms with Gasteiger partial charge in [0.05, 0.1) is 14.4 Å². The van der Waals surface area contributed by atoms with E-state index in [1.807, 2.05) is 0 Å². The van der Waals surface area contributed by atoms with Gasteiger partial charge >= 0.3 is 0 Å². The molecule has 0 aliphatic rings. The first-order valence-electron chi connectivity index (χ1n) is 4.98. The summed E-state index contributed by atoms with van der Waals surface area (Å²) < 4.78 is 15.2. The fraction of sp³-hybridized carbons (Fsp3) is 0.0833. The largest absolute Gasteiger partial charge is 0.308 e. The van der Waals surface area contributed by atoms with Gasteiger partial charge in [0, 0.05) is 11.5 Å². The molecule has 0 aliphatic carbocycles. The smallest absolute Gasteiger partial charge is 0.268 e. The Morgan fingerprint density at radius 1 is 1.33 bits per heavy atom. The van der Waals surface area contributed by atoms with Crippen molar-refractivity contribution in [2.45, 2.75) is 0 Å². The maximum atomic E-state index is 13.6. The molecule has 1 amide bonds. The number of hydrogen-bond donors (Lipinski definition) is 0. The number of amides is 1. The van der Waals surface area contributed by atoms with Gasteiger partial charge < -0.3 is 4.90 Å². The van der Waals surface area contributed by atoms with Gasteiger partial charge in [-0.05, 0) is 50.1 Å². The van der Waals surface area contributed by atoms with Crippen LogP contribution in [0.5, 0.6) is 0 Å². The lowest BCUT2D eigenvalue weighted by Gasteiger charge is -2.16. The molecule has 0 radical (unpaired) electrons. The van der Waals surface area contributed by atoms with Crippen LogP contribution in [0.4, 0.5) is 10.1 Å². The Labute approximate surface area is 125 Å². The number of rotatable bonds is 2. The standard InChI is InChI=1S/C12H8Br2FNOS/c1-16(9-5-3-2-4-8(9)15)12(17)10-6-7(13)11(14)18-10/h2-6H,1H3. The molecule has 0 bridgehead atoms. The summed E-state index contributed by atoms with van der Waals surface area (Å²) >= 11 is 7.96. The molecular weight excluding hydrogens is 385 g/mol. The number of anilines is 1. The zero-order valence-electron chi connectivity index (χ0n) is 9.28. The first kappa shape index (κ1) is 13.7. The third-order valence-corrected chi connectivity index (χ3v) is 5.62. The molecule has 0 saturated heterocycles. The lowest BCUT2D eigenvalue weighted by Crippen LogP contribution is -2.26. The van der Waals surface area contributed by atoms with Crippen LogP contribution in [0, 0.1) is 5.82 Å². The molecule has 0 saturated carbocycles. The van der Waals surface area contributed by atoms with Crippen LogP contribution in [0.25, 0.3) is 0 Å². The van der Waals surface area contributed by atoms with Crippen molar-refractivity contribution in [3.63, 3.8) is 0 Å². The van der Waals surface area contributed by atoms with Crippen LogP contribution < -0.4 is 4.90 Å². The third-order valence-electron chi connectivity index (χ3n) is 2.37. The quantitative estimate of drug-likeness (QED) is 0.725. The van der Waals surface area contributed by atoms with Gasteiger partial charge in [-0.1, -0.05) is 12.1 Å². The first-order chi connectivity index (χ1) is 8.50. The highest BCUT2D eigenvalue weighted by Crippen LogP contribution is 2.33. The number of benzene rings is 1. The van der Waals surface area contributed by atoms with Crippen molar-refractivity contribution in [2.24, 2.45) is 0 Å². The summed E-state index contributed by atoms with van der Waals surface area (Å²) in [5.74, 6) is -0.653. The van der Waals surface area contributed by atoms with E-state index in [4.69, 9.17) is 0 Å². The number of carbonyl (C=O) groups is 1. The summed E-state index contributed by atoms with van der Waals surface area (Å²) in [6.45, 7) is 0. The Balaban J connectivity index is 2.32. The Kier molecular flexibility index (Phi) is 4.19. The molecule has 2 nitrogen and oxygen atoms in total. The van der Waals surface area contributed by atoms with E-state index < -0.39 is 5.82 Å². The fourth-order valence-electron chi connectivity index (χ4n) is 1.45. The van der Waals surface area contributed by atoms with E-state index in [2.05, 4.69) is 31.9 Å². The van der Waals surface area contributed by atoms with Crippen LogP contribution in [-0.2, 0) is 0 Å². The minimum Gasteiger partial charge on any atom is -0.308 e. The summed E-state index contributed by atoms with van der Waals surface area (Å²) in [5.41, 5.74) is 0.267. The Bertz CT molecular complexity index is 580. The Hall–Kier alpha value is -0.720. The topological polar surface area (TPSA) is 20.3 Å². The number of para-hydroxylation sites is 1. The van der Waals surface area contributed by atoms with Gasteiger partial charge in [0.15, 0.2) is 0 Å². The average molecular weight is 393 g/mol. The zero-order valence-corrected chi connectivity index (χ0v) is 13.3. The highest BCUT2D eigenvalue weighted by Gasteiger charge is 2.19. The van der Waals surface area contributed by atoms with Crippen LogP contribution in [0.3, 0.4) is 0 Å². The normalized spacial score (nSPS) is 10.4. The summed E-state index contributed by atoms with van der Waals surface area (Å²) in [7, 11) is 1.56. The van der Waals surface area contributed by atoms with Gasteiger partial charge in [-0.2, -0.15) is 0 Å². The zero-order chi connectivity index (χ0) is 13.3. The van der Waals surface area contributed by atoms with Crippen LogP contribution >= 0.6 is 43.2 Å². The lowest BCUT2D eigenvalue weighted by molar-refractivity contribution is 0.0996. The predicted molar refractivity (Wildman–Crippen MR) is 78.9 cm³/mol. The molecule has 1 aromatic heterocycles. The van der Waals surface area contributed by atoms with Crippen LogP contribution in [0.2, 0.25) is 0 Å².